The number of benzene rings is 1. The lowest BCUT2D eigenvalue weighted by Crippen LogP contribution is -2.40. The summed E-state index contributed by atoms with van der Waals surface area (Å²) in [4.78, 5) is 7.11. The molecule has 1 aliphatic heterocycles. The molecule has 0 aromatic heterocycles. The molecule has 0 amide bonds. The Hall–Kier alpha value is -1.63. The number of likely N-dealkylation sites (tertiary alicyclic amines) is 1. The lowest BCUT2D eigenvalue weighted by Gasteiger charge is -2.21. The van der Waals surface area contributed by atoms with E-state index in [0.29, 0.717) is 25.7 Å². The van der Waals surface area contributed by atoms with Crippen molar-refractivity contribution in [1.29, 1.82) is 0 Å². The van der Waals surface area contributed by atoms with Gasteiger partial charge in [-0.3, -0.25) is 4.99 Å². The van der Waals surface area contributed by atoms with E-state index in [1.807, 2.05) is 6.07 Å². The maximum atomic E-state index is 5.92. The van der Waals surface area contributed by atoms with Crippen molar-refractivity contribution < 1.29 is 14.2 Å². The molecule has 2 rings (SSSR count). The first kappa shape index (κ1) is 21.7. The predicted octanol–water partition coefficient (Wildman–Crippen LogP) is 2.54. The average molecular weight is 378 g/mol. The molecule has 152 valence electrons. The Morgan fingerprint density at radius 2 is 2.04 bits per heavy atom. The van der Waals surface area contributed by atoms with E-state index in [1.54, 1.807) is 7.11 Å². The van der Waals surface area contributed by atoms with Crippen LogP contribution in [-0.4, -0.2) is 70.6 Å². The Morgan fingerprint density at radius 3 is 2.81 bits per heavy atom. The van der Waals surface area contributed by atoms with Crippen LogP contribution >= 0.6 is 0 Å². The van der Waals surface area contributed by atoms with Gasteiger partial charge in [0, 0.05) is 45.8 Å². The van der Waals surface area contributed by atoms with Gasteiger partial charge in [-0.2, -0.15) is 0 Å². The number of aliphatic imine (C=N–C) groups is 1. The topological polar surface area (TPSA) is 55.3 Å². The van der Waals surface area contributed by atoms with Crippen molar-refractivity contribution in [2.45, 2.75) is 26.4 Å². The van der Waals surface area contributed by atoms with E-state index in [0.717, 1.165) is 58.2 Å². The fraction of sp³-hybridized carbons (Fsp3) is 0.667. The number of hydrogen-bond acceptors (Lipinski definition) is 4. The van der Waals surface area contributed by atoms with Crippen LogP contribution in [0, 0.1) is 5.92 Å². The quantitative estimate of drug-likeness (QED) is 0.345. The minimum Gasteiger partial charge on any atom is -0.382 e. The van der Waals surface area contributed by atoms with Crippen LogP contribution in [0.1, 0.15) is 25.3 Å². The van der Waals surface area contributed by atoms with Crippen molar-refractivity contribution in [3.8, 4) is 0 Å². The van der Waals surface area contributed by atoms with Gasteiger partial charge in [-0.15, -0.1) is 0 Å². The van der Waals surface area contributed by atoms with Gasteiger partial charge in [0.05, 0.1) is 26.4 Å². The zero-order valence-corrected chi connectivity index (χ0v) is 16.9. The first-order valence-corrected chi connectivity index (χ1v) is 10.0. The summed E-state index contributed by atoms with van der Waals surface area (Å²) in [6.07, 6.45) is 2.08. The predicted molar refractivity (Wildman–Crippen MR) is 109 cm³/mol. The molecule has 1 aromatic carbocycles. The molecule has 27 heavy (non-hydrogen) atoms. The van der Waals surface area contributed by atoms with Crippen molar-refractivity contribution >= 4 is 5.96 Å². The number of guanidine groups is 1. The number of nitrogens with one attached hydrogen (secondary N) is 1. The van der Waals surface area contributed by atoms with Gasteiger partial charge < -0.3 is 24.4 Å². The van der Waals surface area contributed by atoms with Crippen LogP contribution in [0.3, 0.4) is 0 Å². The van der Waals surface area contributed by atoms with E-state index in [-0.39, 0.29) is 0 Å². The third-order valence-electron chi connectivity index (χ3n) is 4.53. The van der Waals surface area contributed by atoms with Crippen LogP contribution in [0.2, 0.25) is 0 Å². The Morgan fingerprint density at radius 1 is 1.19 bits per heavy atom. The Kier molecular flexibility index (Phi) is 10.9. The molecule has 1 atom stereocenters. The molecule has 0 aliphatic carbocycles. The van der Waals surface area contributed by atoms with Crippen molar-refractivity contribution in [2.75, 3.05) is 59.7 Å². The molecule has 1 fully saturated rings. The highest BCUT2D eigenvalue weighted by molar-refractivity contribution is 5.80. The van der Waals surface area contributed by atoms with Crippen molar-refractivity contribution in [2.24, 2.45) is 10.9 Å². The molecule has 1 aromatic rings. The van der Waals surface area contributed by atoms with Gasteiger partial charge in [0.1, 0.15) is 0 Å². The monoisotopic (exact) mass is 377 g/mol. The standard InChI is InChI=1S/C21H35N3O3/c1-3-22-21(23-11-7-13-26-15-14-25-2)24-12-10-20(16-24)18-27-17-19-8-5-4-6-9-19/h4-6,8-9,20H,3,7,10-18H2,1-2H3,(H,22,23). The first-order valence-electron chi connectivity index (χ1n) is 10.0. The third-order valence-corrected chi connectivity index (χ3v) is 4.53. The number of hydrogen-bond donors (Lipinski definition) is 1. The maximum absolute atomic E-state index is 5.92. The van der Waals surface area contributed by atoms with Crippen LogP contribution in [0.4, 0.5) is 0 Å². The fourth-order valence-corrected chi connectivity index (χ4v) is 3.10. The molecule has 6 heteroatoms. The lowest BCUT2D eigenvalue weighted by atomic mass is 10.1. The van der Waals surface area contributed by atoms with Crippen LogP contribution in [0.15, 0.2) is 35.3 Å². The van der Waals surface area contributed by atoms with Crippen molar-refractivity contribution in [1.82, 2.24) is 10.2 Å². The second kappa shape index (κ2) is 13.5. The zero-order valence-electron chi connectivity index (χ0n) is 16.9. The highest BCUT2D eigenvalue weighted by Crippen LogP contribution is 2.17. The van der Waals surface area contributed by atoms with Gasteiger partial charge >= 0.3 is 0 Å². The fourth-order valence-electron chi connectivity index (χ4n) is 3.10. The lowest BCUT2D eigenvalue weighted by molar-refractivity contribution is 0.0702. The maximum Gasteiger partial charge on any atom is 0.193 e. The Labute approximate surface area is 163 Å². The van der Waals surface area contributed by atoms with Crippen molar-refractivity contribution in [3.63, 3.8) is 0 Å². The van der Waals surface area contributed by atoms with E-state index in [9.17, 15) is 0 Å². The molecule has 1 N–H and O–H groups in total. The normalized spacial score (nSPS) is 17.5. The summed E-state index contributed by atoms with van der Waals surface area (Å²) in [7, 11) is 1.69. The van der Waals surface area contributed by atoms with Gasteiger partial charge in [0.15, 0.2) is 5.96 Å². The molecule has 0 saturated carbocycles. The average Bonchev–Trinajstić information content (AvgIpc) is 3.16. The summed E-state index contributed by atoms with van der Waals surface area (Å²) >= 11 is 0. The third kappa shape index (κ3) is 8.73. The highest BCUT2D eigenvalue weighted by Gasteiger charge is 2.24. The molecule has 1 saturated heterocycles. The van der Waals surface area contributed by atoms with Crippen LogP contribution in [-0.2, 0) is 20.8 Å². The largest absolute Gasteiger partial charge is 0.382 e. The Balaban J connectivity index is 1.66. The number of nitrogens with zero attached hydrogens (tertiary/aromatic N) is 2. The minimum atomic E-state index is 0.565. The van der Waals surface area contributed by atoms with E-state index >= 15 is 0 Å². The van der Waals surface area contributed by atoms with Crippen LogP contribution in [0.5, 0.6) is 0 Å². The molecule has 1 aliphatic rings. The second-order valence-corrected chi connectivity index (χ2v) is 6.80. The molecule has 1 unspecified atom stereocenters. The highest BCUT2D eigenvalue weighted by atomic mass is 16.5. The molecule has 0 bridgehead atoms. The molecule has 0 radical (unpaired) electrons. The second-order valence-electron chi connectivity index (χ2n) is 6.80. The summed E-state index contributed by atoms with van der Waals surface area (Å²) < 4.78 is 16.4. The van der Waals surface area contributed by atoms with Gasteiger partial charge in [-0.05, 0) is 25.3 Å². The molecule has 1 heterocycles. The number of ether oxygens (including phenoxy) is 3. The van der Waals surface area contributed by atoms with E-state index in [2.05, 4.69) is 41.4 Å². The molecular weight excluding hydrogens is 342 g/mol. The van der Waals surface area contributed by atoms with Crippen molar-refractivity contribution in [3.05, 3.63) is 35.9 Å². The zero-order chi connectivity index (χ0) is 19.2. The molecular formula is C21H35N3O3. The van der Waals surface area contributed by atoms with E-state index < -0.39 is 0 Å². The summed E-state index contributed by atoms with van der Waals surface area (Å²) in [5.74, 6) is 1.58. The Bertz CT molecular complexity index is 525. The summed E-state index contributed by atoms with van der Waals surface area (Å²) in [5.41, 5.74) is 1.23. The van der Waals surface area contributed by atoms with Gasteiger partial charge in [0.25, 0.3) is 0 Å². The summed E-state index contributed by atoms with van der Waals surface area (Å²) in [6.45, 7) is 9.33. The van der Waals surface area contributed by atoms with E-state index in [1.165, 1.54) is 5.56 Å². The summed E-state index contributed by atoms with van der Waals surface area (Å²) in [6, 6.07) is 10.4. The van der Waals surface area contributed by atoms with Crippen LogP contribution < -0.4 is 5.32 Å². The minimum absolute atomic E-state index is 0.565. The molecule has 0 spiro atoms. The number of methoxy groups -OCH3 is 1. The number of rotatable bonds is 12. The first-order chi connectivity index (χ1) is 13.3. The molecule has 6 nitrogen and oxygen atoms in total. The van der Waals surface area contributed by atoms with Gasteiger partial charge in [0.2, 0.25) is 0 Å². The van der Waals surface area contributed by atoms with Gasteiger partial charge in [-0.1, -0.05) is 30.3 Å². The van der Waals surface area contributed by atoms with E-state index in [4.69, 9.17) is 19.2 Å². The van der Waals surface area contributed by atoms with Crippen LogP contribution in [0.25, 0.3) is 0 Å². The van der Waals surface area contributed by atoms with Gasteiger partial charge in [-0.25, -0.2) is 0 Å². The smallest absolute Gasteiger partial charge is 0.193 e. The SMILES string of the molecule is CCNC(=NCCCOCCOC)N1CCC(COCc2ccccc2)C1. The summed E-state index contributed by atoms with van der Waals surface area (Å²) in [5, 5.41) is 3.41.